The van der Waals surface area contributed by atoms with Gasteiger partial charge in [0.1, 0.15) is 11.3 Å². The first-order valence-electron chi connectivity index (χ1n) is 7.80. The SMILES string of the molecule is O=C(O)c1ccccc1OCCCOCC1CCCCC1. The van der Waals surface area contributed by atoms with Crippen molar-refractivity contribution in [2.24, 2.45) is 5.92 Å². The molecule has 116 valence electrons. The number of rotatable bonds is 8. The monoisotopic (exact) mass is 292 g/mol. The third kappa shape index (κ3) is 5.38. The fraction of sp³-hybridized carbons (Fsp3) is 0.588. The van der Waals surface area contributed by atoms with Crippen molar-refractivity contribution in [1.29, 1.82) is 0 Å². The summed E-state index contributed by atoms with van der Waals surface area (Å²) >= 11 is 0. The lowest BCUT2D eigenvalue weighted by Gasteiger charge is -2.21. The summed E-state index contributed by atoms with van der Waals surface area (Å²) in [6, 6.07) is 6.72. The molecule has 0 unspecified atom stereocenters. The van der Waals surface area contributed by atoms with Crippen molar-refractivity contribution in [3.63, 3.8) is 0 Å². The molecule has 4 heteroatoms. The third-order valence-electron chi connectivity index (χ3n) is 3.89. The van der Waals surface area contributed by atoms with Crippen LogP contribution in [0.3, 0.4) is 0 Å². The maximum Gasteiger partial charge on any atom is 0.339 e. The van der Waals surface area contributed by atoms with Crippen molar-refractivity contribution in [2.45, 2.75) is 38.5 Å². The molecule has 1 aliphatic carbocycles. The second-order valence-electron chi connectivity index (χ2n) is 5.58. The predicted molar refractivity (Wildman–Crippen MR) is 80.9 cm³/mol. The van der Waals surface area contributed by atoms with Crippen molar-refractivity contribution >= 4 is 5.97 Å². The van der Waals surface area contributed by atoms with E-state index in [0.29, 0.717) is 19.0 Å². The molecular formula is C17H24O4. The average Bonchev–Trinajstić information content (AvgIpc) is 2.52. The molecule has 0 amide bonds. The number of benzene rings is 1. The Balaban J connectivity index is 1.60. The van der Waals surface area contributed by atoms with E-state index in [4.69, 9.17) is 14.6 Å². The highest BCUT2D eigenvalue weighted by Crippen LogP contribution is 2.23. The van der Waals surface area contributed by atoms with E-state index in [1.54, 1.807) is 24.3 Å². The molecule has 0 bridgehead atoms. The smallest absolute Gasteiger partial charge is 0.339 e. The highest BCUT2D eigenvalue weighted by molar-refractivity contribution is 5.90. The second-order valence-corrected chi connectivity index (χ2v) is 5.58. The number of aromatic carboxylic acids is 1. The van der Waals surface area contributed by atoms with Gasteiger partial charge < -0.3 is 14.6 Å². The van der Waals surface area contributed by atoms with Gasteiger partial charge in [-0.05, 0) is 30.9 Å². The summed E-state index contributed by atoms with van der Waals surface area (Å²) < 4.78 is 11.2. The molecule has 0 radical (unpaired) electrons. The molecule has 2 rings (SSSR count). The van der Waals surface area contributed by atoms with E-state index in [9.17, 15) is 4.79 Å². The molecule has 0 saturated heterocycles. The van der Waals surface area contributed by atoms with Gasteiger partial charge in [-0.15, -0.1) is 0 Å². The Morgan fingerprint density at radius 1 is 1.14 bits per heavy atom. The van der Waals surface area contributed by atoms with Crippen LogP contribution in [0, 0.1) is 5.92 Å². The lowest BCUT2D eigenvalue weighted by atomic mass is 9.90. The molecule has 1 N–H and O–H groups in total. The van der Waals surface area contributed by atoms with Gasteiger partial charge in [-0.25, -0.2) is 4.79 Å². The second kappa shape index (κ2) is 8.67. The van der Waals surface area contributed by atoms with E-state index in [-0.39, 0.29) is 5.56 Å². The molecule has 1 aromatic rings. The quantitative estimate of drug-likeness (QED) is 0.741. The Kier molecular flexibility index (Phi) is 6.54. The van der Waals surface area contributed by atoms with Crippen molar-refractivity contribution in [2.75, 3.05) is 19.8 Å². The first kappa shape index (κ1) is 15.8. The Bertz CT molecular complexity index is 438. The lowest BCUT2D eigenvalue weighted by Crippen LogP contribution is -2.14. The summed E-state index contributed by atoms with van der Waals surface area (Å²) in [5.41, 5.74) is 0.209. The van der Waals surface area contributed by atoms with Gasteiger partial charge in [-0.3, -0.25) is 0 Å². The summed E-state index contributed by atoms with van der Waals surface area (Å²) in [5, 5.41) is 9.05. The van der Waals surface area contributed by atoms with Gasteiger partial charge in [-0.2, -0.15) is 0 Å². The molecule has 1 aliphatic rings. The van der Waals surface area contributed by atoms with Gasteiger partial charge in [-0.1, -0.05) is 31.4 Å². The topological polar surface area (TPSA) is 55.8 Å². The standard InChI is InChI=1S/C17H24O4/c18-17(19)15-9-4-5-10-16(15)21-12-6-11-20-13-14-7-2-1-3-8-14/h4-5,9-10,14H,1-3,6-8,11-13H2,(H,18,19). The van der Waals surface area contributed by atoms with Crippen LogP contribution in [0.1, 0.15) is 48.9 Å². The zero-order chi connectivity index (χ0) is 14.9. The number of carboxylic acids is 1. The van der Waals surface area contributed by atoms with Crippen LogP contribution in [0.25, 0.3) is 0 Å². The molecule has 1 aromatic carbocycles. The van der Waals surface area contributed by atoms with Gasteiger partial charge >= 0.3 is 5.97 Å². The van der Waals surface area contributed by atoms with Gasteiger partial charge in [0.25, 0.3) is 0 Å². The summed E-state index contributed by atoms with van der Waals surface area (Å²) in [7, 11) is 0. The zero-order valence-electron chi connectivity index (χ0n) is 12.4. The summed E-state index contributed by atoms with van der Waals surface area (Å²) in [6.45, 7) is 2.01. The molecule has 0 aliphatic heterocycles. The molecule has 4 nitrogen and oxygen atoms in total. The van der Waals surface area contributed by atoms with Crippen LogP contribution in [-0.2, 0) is 4.74 Å². The maximum atomic E-state index is 11.0. The summed E-state index contributed by atoms with van der Waals surface area (Å²) in [6.07, 6.45) is 7.41. The Morgan fingerprint density at radius 2 is 1.90 bits per heavy atom. The molecular weight excluding hydrogens is 268 g/mol. The van der Waals surface area contributed by atoms with Crippen LogP contribution in [0.15, 0.2) is 24.3 Å². The van der Waals surface area contributed by atoms with Crippen molar-refractivity contribution in [3.8, 4) is 5.75 Å². The van der Waals surface area contributed by atoms with Gasteiger partial charge in [0.15, 0.2) is 0 Å². The van der Waals surface area contributed by atoms with Crippen LogP contribution < -0.4 is 4.74 Å². The highest BCUT2D eigenvalue weighted by atomic mass is 16.5. The van der Waals surface area contributed by atoms with Crippen molar-refractivity contribution in [1.82, 2.24) is 0 Å². The van der Waals surface area contributed by atoms with E-state index >= 15 is 0 Å². The molecule has 0 heterocycles. The van der Waals surface area contributed by atoms with E-state index in [0.717, 1.165) is 18.9 Å². The number of carbonyl (C=O) groups is 1. The molecule has 1 fully saturated rings. The van der Waals surface area contributed by atoms with Crippen LogP contribution in [0.4, 0.5) is 0 Å². The predicted octanol–water partition coefficient (Wildman–Crippen LogP) is 3.75. The van der Waals surface area contributed by atoms with Crippen molar-refractivity contribution in [3.05, 3.63) is 29.8 Å². The van der Waals surface area contributed by atoms with Crippen LogP contribution in [0.2, 0.25) is 0 Å². The van der Waals surface area contributed by atoms with Gasteiger partial charge in [0.05, 0.1) is 6.61 Å². The normalized spacial score (nSPS) is 15.8. The van der Waals surface area contributed by atoms with Gasteiger partial charge in [0, 0.05) is 19.6 Å². The number of carboxylic acid groups (broad SMARTS) is 1. The minimum atomic E-state index is -0.959. The zero-order valence-corrected chi connectivity index (χ0v) is 12.4. The summed E-state index contributed by atoms with van der Waals surface area (Å²) in [5.74, 6) is 0.198. The molecule has 0 aromatic heterocycles. The van der Waals surface area contributed by atoms with Crippen molar-refractivity contribution < 1.29 is 19.4 Å². The number of hydrogen-bond acceptors (Lipinski definition) is 3. The van der Waals surface area contributed by atoms with E-state index < -0.39 is 5.97 Å². The fourth-order valence-electron chi connectivity index (χ4n) is 2.72. The Hall–Kier alpha value is -1.55. The molecule has 0 atom stereocenters. The largest absolute Gasteiger partial charge is 0.493 e. The van der Waals surface area contributed by atoms with E-state index in [2.05, 4.69) is 0 Å². The number of ether oxygens (including phenoxy) is 2. The minimum absolute atomic E-state index is 0.209. The first-order valence-corrected chi connectivity index (χ1v) is 7.80. The Labute approximate surface area is 126 Å². The fourth-order valence-corrected chi connectivity index (χ4v) is 2.72. The van der Waals surface area contributed by atoms with E-state index in [1.165, 1.54) is 32.1 Å². The average molecular weight is 292 g/mol. The van der Waals surface area contributed by atoms with Gasteiger partial charge in [0.2, 0.25) is 0 Å². The molecule has 1 saturated carbocycles. The minimum Gasteiger partial charge on any atom is -0.493 e. The molecule has 21 heavy (non-hydrogen) atoms. The maximum absolute atomic E-state index is 11.0. The third-order valence-corrected chi connectivity index (χ3v) is 3.89. The highest BCUT2D eigenvalue weighted by Gasteiger charge is 2.13. The number of para-hydroxylation sites is 1. The molecule has 0 spiro atoms. The van der Waals surface area contributed by atoms with Crippen LogP contribution >= 0.6 is 0 Å². The summed E-state index contributed by atoms with van der Waals surface area (Å²) in [4.78, 5) is 11.0. The van der Waals surface area contributed by atoms with Crippen LogP contribution in [-0.4, -0.2) is 30.9 Å². The Morgan fingerprint density at radius 3 is 2.67 bits per heavy atom. The number of hydrogen-bond donors (Lipinski definition) is 1. The van der Waals surface area contributed by atoms with Crippen LogP contribution in [0.5, 0.6) is 5.75 Å². The lowest BCUT2D eigenvalue weighted by molar-refractivity contribution is 0.0686. The first-order chi connectivity index (χ1) is 10.3. The van der Waals surface area contributed by atoms with E-state index in [1.807, 2.05) is 0 Å².